The number of hydrogen-bond acceptors (Lipinski definition) is 3. The lowest BCUT2D eigenvalue weighted by Gasteiger charge is -2.35. The van der Waals surface area contributed by atoms with Crippen LogP contribution in [0.5, 0.6) is 0 Å². The summed E-state index contributed by atoms with van der Waals surface area (Å²) in [6.07, 6.45) is 3.40. The van der Waals surface area contributed by atoms with Crippen LogP contribution >= 0.6 is 0 Å². The summed E-state index contributed by atoms with van der Waals surface area (Å²) in [5, 5.41) is 0. The van der Waals surface area contributed by atoms with Gasteiger partial charge in [0, 0.05) is 38.5 Å². The van der Waals surface area contributed by atoms with E-state index in [1.807, 2.05) is 0 Å². The molecule has 1 aromatic carbocycles. The number of nitrogens with two attached hydrogens (primary N) is 1. The smallest absolute Gasteiger partial charge is 0.0491 e. The monoisotopic (exact) mass is 276 g/mol. The molecule has 0 radical (unpaired) electrons. The molecule has 3 nitrogen and oxygen atoms in total. The number of aryl methyl sites for hydroxylation is 1. The molecule has 1 aromatic rings. The Morgan fingerprint density at radius 1 is 1.35 bits per heavy atom. The molecule has 2 rings (SSSR count). The summed E-state index contributed by atoms with van der Waals surface area (Å²) < 4.78 is 5.28. The first-order valence-corrected chi connectivity index (χ1v) is 7.69. The van der Waals surface area contributed by atoms with E-state index in [9.17, 15) is 0 Å². The first-order chi connectivity index (χ1) is 9.60. The molecule has 1 heterocycles. The van der Waals surface area contributed by atoms with Gasteiger partial charge >= 0.3 is 0 Å². The second-order valence-electron chi connectivity index (χ2n) is 6.20. The molecule has 0 spiro atoms. The Labute approximate surface area is 123 Å². The van der Waals surface area contributed by atoms with Gasteiger partial charge in [0.25, 0.3) is 0 Å². The number of ether oxygens (including phenoxy) is 1. The molecule has 0 bridgehead atoms. The number of anilines is 1. The fourth-order valence-corrected chi connectivity index (χ4v) is 3.11. The summed E-state index contributed by atoms with van der Waals surface area (Å²) in [5.41, 5.74) is 10.1. The minimum atomic E-state index is 0.210. The van der Waals surface area contributed by atoms with Crippen LogP contribution in [-0.2, 0) is 11.2 Å². The van der Waals surface area contributed by atoms with Crippen molar-refractivity contribution in [3.63, 3.8) is 0 Å². The average molecular weight is 276 g/mol. The van der Waals surface area contributed by atoms with E-state index in [1.165, 1.54) is 29.7 Å². The maximum absolute atomic E-state index is 6.00. The number of rotatable bonds is 5. The molecular formula is C17H28N2O. The highest BCUT2D eigenvalue weighted by Gasteiger charge is 2.21. The summed E-state index contributed by atoms with van der Waals surface area (Å²) >= 11 is 0. The minimum Gasteiger partial charge on any atom is -0.384 e. The van der Waals surface area contributed by atoms with Gasteiger partial charge in [-0.05, 0) is 50.7 Å². The van der Waals surface area contributed by atoms with Crippen LogP contribution in [-0.4, -0.2) is 32.8 Å². The van der Waals surface area contributed by atoms with Crippen molar-refractivity contribution >= 4 is 5.69 Å². The van der Waals surface area contributed by atoms with E-state index in [4.69, 9.17) is 10.5 Å². The highest BCUT2D eigenvalue weighted by molar-refractivity contribution is 5.55. The third-order valence-corrected chi connectivity index (χ3v) is 4.13. The van der Waals surface area contributed by atoms with Crippen LogP contribution in [0, 0.1) is 12.8 Å². The second kappa shape index (κ2) is 7.09. The molecule has 1 unspecified atom stereocenters. The molecule has 3 heteroatoms. The maximum atomic E-state index is 6.00. The Kier molecular flexibility index (Phi) is 5.44. The number of hydrogen-bond donors (Lipinski definition) is 1. The average Bonchev–Trinajstić information content (AvgIpc) is 2.40. The Hall–Kier alpha value is -1.06. The zero-order valence-electron chi connectivity index (χ0n) is 13.1. The number of piperidine rings is 1. The van der Waals surface area contributed by atoms with Crippen molar-refractivity contribution in [3.05, 3.63) is 29.3 Å². The molecule has 0 aromatic heterocycles. The quantitative estimate of drug-likeness (QED) is 0.898. The fourth-order valence-electron chi connectivity index (χ4n) is 3.11. The van der Waals surface area contributed by atoms with Crippen LogP contribution in [0.15, 0.2) is 18.2 Å². The zero-order chi connectivity index (χ0) is 14.5. The predicted molar refractivity (Wildman–Crippen MR) is 85.3 cm³/mol. The van der Waals surface area contributed by atoms with Crippen molar-refractivity contribution in [1.82, 2.24) is 0 Å². The van der Waals surface area contributed by atoms with Crippen LogP contribution in [0.25, 0.3) is 0 Å². The topological polar surface area (TPSA) is 38.5 Å². The summed E-state index contributed by atoms with van der Waals surface area (Å²) in [6, 6.07) is 6.98. The molecule has 1 saturated heterocycles. The van der Waals surface area contributed by atoms with Crippen molar-refractivity contribution in [3.8, 4) is 0 Å². The van der Waals surface area contributed by atoms with Crippen molar-refractivity contribution < 1.29 is 4.74 Å². The van der Waals surface area contributed by atoms with Crippen LogP contribution < -0.4 is 10.6 Å². The van der Waals surface area contributed by atoms with E-state index in [1.54, 1.807) is 7.11 Å². The van der Waals surface area contributed by atoms with E-state index in [0.717, 1.165) is 32.0 Å². The third-order valence-electron chi connectivity index (χ3n) is 4.13. The molecular weight excluding hydrogens is 248 g/mol. The van der Waals surface area contributed by atoms with E-state index < -0.39 is 0 Å². The Balaban J connectivity index is 2.09. The largest absolute Gasteiger partial charge is 0.384 e. The van der Waals surface area contributed by atoms with Gasteiger partial charge in [-0.25, -0.2) is 0 Å². The van der Waals surface area contributed by atoms with Crippen LogP contribution in [0.2, 0.25) is 0 Å². The third kappa shape index (κ3) is 3.97. The highest BCUT2D eigenvalue weighted by Crippen LogP contribution is 2.28. The predicted octanol–water partition coefficient (Wildman–Crippen LogP) is 2.75. The van der Waals surface area contributed by atoms with Gasteiger partial charge < -0.3 is 15.4 Å². The van der Waals surface area contributed by atoms with E-state index in [2.05, 4.69) is 36.9 Å². The van der Waals surface area contributed by atoms with Gasteiger partial charge in [-0.2, -0.15) is 0 Å². The molecule has 0 amide bonds. The number of benzene rings is 1. The number of methoxy groups -OCH3 is 1. The molecule has 2 N–H and O–H groups in total. The van der Waals surface area contributed by atoms with Gasteiger partial charge in [-0.15, -0.1) is 0 Å². The zero-order valence-corrected chi connectivity index (χ0v) is 13.1. The van der Waals surface area contributed by atoms with Crippen molar-refractivity contribution in [1.29, 1.82) is 0 Å². The summed E-state index contributed by atoms with van der Waals surface area (Å²) in [4.78, 5) is 2.52. The molecule has 112 valence electrons. The molecule has 20 heavy (non-hydrogen) atoms. The van der Waals surface area contributed by atoms with Crippen LogP contribution in [0.4, 0.5) is 5.69 Å². The molecule has 0 aliphatic carbocycles. The lowest BCUT2D eigenvalue weighted by atomic mass is 9.95. The van der Waals surface area contributed by atoms with Crippen LogP contribution in [0.3, 0.4) is 0 Å². The lowest BCUT2D eigenvalue weighted by molar-refractivity contribution is 0.139. The SMILES string of the molecule is COCC1CCN(c2ccc(C)cc2CC(C)N)CC1. The Morgan fingerprint density at radius 3 is 2.65 bits per heavy atom. The van der Waals surface area contributed by atoms with Gasteiger partial charge in [0.2, 0.25) is 0 Å². The van der Waals surface area contributed by atoms with E-state index in [-0.39, 0.29) is 6.04 Å². The van der Waals surface area contributed by atoms with E-state index in [0.29, 0.717) is 0 Å². The van der Waals surface area contributed by atoms with E-state index >= 15 is 0 Å². The van der Waals surface area contributed by atoms with Crippen molar-refractivity contribution in [2.75, 3.05) is 31.7 Å². The molecule has 1 aliphatic heterocycles. The first kappa shape index (κ1) is 15.3. The van der Waals surface area contributed by atoms with Crippen molar-refractivity contribution in [2.24, 2.45) is 11.7 Å². The molecule has 1 aliphatic rings. The van der Waals surface area contributed by atoms with Gasteiger partial charge in [-0.3, -0.25) is 0 Å². The molecule has 1 fully saturated rings. The lowest BCUT2D eigenvalue weighted by Crippen LogP contribution is -2.36. The van der Waals surface area contributed by atoms with Crippen LogP contribution in [0.1, 0.15) is 30.9 Å². The molecule has 0 saturated carbocycles. The summed E-state index contributed by atoms with van der Waals surface area (Å²) in [6.45, 7) is 7.39. The second-order valence-corrected chi connectivity index (χ2v) is 6.20. The Bertz CT molecular complexity index is 423. The normalized spacial score (nSPS) is 18.3. The van der Waals surface area contributed by atoms with Gasteiger partial charge in [-0.1, -0.05) is 17.7 Å². The van der Waals surface area contributed by atoms with Gasteiger partial charge in [0.05, 0.1) is 0 Å². The molecule has 1 atom stereocenters. The highest BCUT2D eigenvalue weighted by atomic mass is 16.5. The number of nitrogens with zero attached hydrogens (tertiary/aromatic N) is 1. The summed E-state index contributed by atoms with van der Waals surface area (Å²) in [7, 11) is 1.80. The minimum absolute atomic E-state index is 0.210. The first-order valence-electron chi connectivity index (χ1n) is 7.69. The fraction of sp³-hybridized carbons (Fsp3) is 0.647. The maximum Gasteiger partial charge on any atom is 0.0491 e. The van der Waals surface area contributed by atoms with Crippen molar-refractivity contribution in [2.45, 2.75) is 39.2 Å². The standard InChI is InChI=1S/C17H28N2O/c1-13-4-5-17(16(10-13)11-14(2)18)19-8-6-15(7-9-19)12-20-3/h4-5,10,14-15H,6-9,11-12,18H2,1-3H3. The Morgan fingerprint density at radius 2 is 2.05 bits per heavy atom. The van der Waals surface area contributed by atoms with Gasteiger partial charge in [0.1, 0.15) is 0 Å². The summed E-state index contributed by atoms with van der Waals surface area (Å²) in [5.74, 6) is 0.721. The van der Waals surface area contributed by atoms with Gasteiger partial charge in [0.15, 0.2) is 0 Å².